The van der Waals surface area contributed by atoms with Gasteiger partial charge >= 0.3 is 0 Å². The topological polar surface area (TPSA) is 44.1 Å². The molecule has 19 heavy (non-hydrogen) atoms. The molecule has 0 aliphatic carbocycles. The average molecular weight is 262 g/mol. The normalized spacial score (nSPS) is 10.5. The van der Waals surface area contributed by atoms with Crippen LogP contribution in [0.15, 0.2) is 30.6 Å². The molecule has 0 saturated heterocycles. The maximum Gasteiger partial charge on any atom is 0.165 e. The predicted molar refractivity (Wildman–Crippen MR) is 68.8 cm³/mol. The number of methoxy groups -OCH3 is 1. The molecule has 100 valence electrons. The molecule has 0 spiro atoms. The summed E-state index contributed by atoms with van der Waals surface area (Å²) in [5, 5.41) is 0. The van der Waals surface area contributed by atoms with Crippen molar-refractivity contribution in [1.29, 1.82) is 0 Å². The third-order valence-corrected chi connectivity index (χ3v) is 2.97. The number of hydrogen-bond acceptors (Lipinski definition) is 3. The highest BCUT2D eigenvalue weighted by Crippen LogP contribution is 2.18. The summed E-state index contributed by atoms with van der Waals surface area (Å²) in [6, 6.07) is 4.24. The van der Waals surface area contributed by atoms with Crippen molar-refractivity contribution in [2.24, 2.45) is 7.05 Å². The number of benzene rings is 1. The van der Waals surface area contributed by atoms with Crippen LogP contribution in [0.2, 0.25) is 0 Å². The lowest BCUT2D eigenvalue weighted by molar-refractivity contribution is 0.0981. The van der Waals surface area contributed by atoms with Gasteiger partial charge in [-0.1, -0.05) is 0 Å². The van der Waals surface area contributed by atoms with Gasteiger partial charge in [-0.05, 0) is 18.2 Å². The van der Waals surface area contributed by atoms with E-state index in [2.05, 4.69) is 4.98 Å². The largest absolute Gasteiger partial charge is 0.494 e. The van der Waals surface area contributed by atoms with Gasteiger partial charge in [0, 0.05) is 37.8 Å². The molecule has 1 aromatic heterocycles. The number of carbonyl (C=O) groups is 1. The average Bonchev–Trinajstić information content (AvgIpc) is 2.81. The van der Waals surface area contributed by atoms with Crippen LogP contribution in [0.3, 0.4) is 0 Å². The van der Waals surface area contributed by atoms with E-state index in [0.29, 0.717) is 18.4 Å². The first-order valence-electron chi connectivity index (χ1n) is 5.94. The second kappa shape index (κ2) is 5.65. The van der Waals surface area contributed by atoms with Gasteiger partial charge in [-0.2, -0.15) is 0 Å². The van der Waals surface area contributed by atoms with Crippen molar-refractivity contribution in [2.45, 2.75) is 12.8 Å². The molecule has 0 saturated carbocycles. The Morgan fingerprint density at radius 2 is 2.26 bits per heavy atom. The molecule has 0 amide bonds. The molecule has 0 atom stereocenters. The van der Waals surface area contributed by atoms with E-state index in [4.69, 9.17) is 4.74 Å². The van der Waals surface area contributed by atoms with Crippen molar-refractivity contribution in [3.8, 4) is 5.75 Å². The van der Waals surface area contributed by atoms with Gasteiger partial charge in [0.1, 0.15) is 5.82 Å². The smallest absolute Gasteiger partial charge is 0.165 e. The van der Waals surface area contributed by atoms with Gasteiger partial charge in [-0.3, -0.25) is 4.79 Å². The van der Waals surface area contributed by atoms with Crippen LogP contribution in [-0.2, 0) is 13.5 Å². The summed E-state index contributed by atoms with van der Waals surface area (Å²) in [5.41, 5.74) is 0.354. The van der Waals surface area contributed by atoms with Crippen molar-refractivity contribution in [3.05, 3.63) is 47.8 Å². The molecular weight excluding hydrogens is 247 g/mol. The molecule has 1 heterocycles. The summed E-state index contributed by atoms with van der Waals surface area (Å²) in [5.74, 6) is 0.345. The molecule has 0 aliphatic heterocycles. The van der Waals surface area contributed by atoms with Gasteiger partial charge in [0.25, 0.3) is 0 Å². The lowest BCUT2D eigenvalue weighted by atomic mass is 10.1. The monoisotopic (exact) mass is 262 g/mol. The van der Waals surface area contributed by atoms with Crippen LogP contribution < -0.4 is 4.74 Å². The first kappa shape index (κ1) is 13.3. The van der Waals surface area contributed by atoms with E-state index in [1.54, 1.807) is 12.3 Å². The third-order valence-electron chi connectivity index (χ3n) is 2.97. The fraction of sp³-hybridized carbons (Fsp3) is 0.286. The van der Waals surface area contributed by atoms with E-state index < -0.39 is 5.82 Å². The molecule has 0 fully saturated rings. The number of Topliss-reactive ketones (excluding diaryl/α,β-unsaturated/α-hetero) is 1. The van der Waals surface area contributed by atoms with Crippen molar-refractivity contribution in [3.63, 3.8) is 0 Å². The molecule has 0 bridgehead atoms. The van der Waals surface area contributed by atoms with Gasteiger partial charge in [0.15, 0.2) is 17.3 Å². The van der Waals surface area contributed by atoms with Crippen LogP contribution in [0.4, 0.5) is 4.39 Å². The van der Waals surface area contributed by atoms with Crippen molar-refractivity contribution in [2.75, 3.05) is 7.11 Å². The Kier molecular flexibility index (Phi) is 3.94. The van der Waals surface area contributed by atoms with Gasteiger partial charge in [-0.15, -0.1) is 0 Å². The molecule has 0 unspecified atom stereocenters. The van der Waals surface area contributed by atoms with Crippen molar-refractivity contribution < 1.29 is 13.9 Å². The minimum atomic E-state index is -0.523. The number of aryl methyl sites for hydroxylation is 2. The van der Waals surface area contributed by atoms with E-state index >= 15 is 0 Å². The molecule has 0 aliphatic rings. The standard InChI is InChI=1S/C14H15FN2O2/c1-17-8-7-16-14(17)6-4-12(18)10-3-5-13(19-2)11(15)9-10/h3,5,7-9H,4,6H2,1-2H3. The van der Waals surface area contributed by atoms with E-state index in [9.17, 15) is 9.18 Å². The second-order valence-electron chi connectivity index (χ2n) is 4.23. The quantitative estimate of drug-likeness (QED) is 0.777. The Balaban J connectivity index is 2.04. The molecule has 2 aromatic rings. The van der Waals surface area contributed by atoms with Gasteiger partial charge in [0.05, 0.1) is 7.11 Å². The molecule has 5 heteroatoms. The number of ketones is 1. The summed E-state index contributed by atoms with van der Waals surface area (Å²) in [4.78, 5) is 16.1. The predicted octanol–water partition coefficient (Wildman–Crippen LogP) is 2.38. The second-order valence-corrected chi connectivity index (χ2v) is 4.23. The highest BCUT2D eigenvalue weighted by Gasteiger charge is 2.11. The third kappa shape index (κ3) is 2.99. The Labute approximate surface area is 110 Å². The molecule has 4 nitrogen and oxygen atoms in total. The number of rotatable bonds is 5. The van der Waals surface area contributed by atoms with Crippen LogP contribution in [0.1, 0.15) is 22.6 Å². The van der Waals surface area contributed by atoms with Gasteiger partial charge in [0.2, 0.25) is 0 Å². The highest BCUT2D eigenvalue weighted by molar-refractivity contribution is 5.96. The summed E-state index contributed by atoms with van der Waals surface area (Å²) in [7, 11) is 3.26. The fourth-order valence-electron chi connectivity index (χ4n) is 1.85. The lowest BCUT2D eigenvalue weighted by Gasteiger charge is -2.05. The molecule has 0 radical (unpaired) electrons. The lowest BCUT2D eigenvalue weighted by Crippen LogP contribution is -2.05. The zero-order valence-electron chi connectivity index (χ0n) is 10.9. The highest BCUT2D eigenvalue weighted by atomic mass is 19.1. The number of carbonyl (C=O) groups excluding carboxylic acids is 1. The maximum atomic E-state index is 13.5. The Hall–Kier alpha value is -2.17. The summed E-state index contributed by atoms with van der Waals surface area (Å²) in [6.07, 6.45) is 4.35. The Morgan fingerprint density at radius 3 is 2.84 bits per heavy atom. The van der Waals surface area contributed by atoms with Crippen molar-refractivity contribution >= 4 is 5.78 Å². The summed E-state index contributed by atoms with van der Waals surface area (Å²) in [6.45, 7) is 0. The summed E-state index contributed by atoms with van der Waals surface area (Å²) < 4.78 is 20.2. The maximum absolute atomic E-state index is 13.5. The minimum absolute atomic E-state index is 0.107. The van der Waals surface area contributed by atoms with Crippen LogP contribution in [0.5, 0.6) is 5.75 Å². The Morgan fingerprint density at radius 1 is 1.47 bits per heavy atom. The van der Waals surface area contributed by atoms with E-state index in [0.717, 1.165) is 5.82 Å². The molecule has 1 aromatic carbocycles. The minimum Gasteiger partial charge on any atom is -0.494 e. The van der Waals surface area contributed by atoms with Crippen LogP contribution >= 0.6 is 0 Å². The van der Waals surface area contributed by atoms with Crippen LogP contribution in [-0.4, -0.2) is 22.4 Å². The fourth-order valence-corrected chi connectivity index (χ4v) is 1.85. The van der Waals surface area contributed by atoms with E-state index in [1.165, 1.54) is 19.2 Å². The first-order valence-corrected chi connectivity index (χ1v) is 5.94. The zero-order chi connectivity index (χ0) is 13.8. The zero-order valence-corrected chi connectivity index (χ0v) is 10.9. The van der Waals surface area contributed by atoms with E-state index in [-0.39, 0.29) is 11.5 Å². The van der Waals surface area contributed by atoms with Crippen molar-refractivity contribution in [1.82, 2.24) is 9.55 Å². The first-order chi connectivity index (χ1) is 9.11. The number of halogens is 1. The van der Waals surface area contributed by atoms with Crippen LogP contribution in [0, 0.1) is 5.82 Å². The number of aromatic nitrogens is 2. The number of imidazole rings is 1. The van der Waals surface area contributed by atoms with E-state index in [1.807, 2.05) is 17.8 Å². The Bertz CT molecular complexity index is 593. The molecule has 2 rings (SSSR count). The molecule has 0 N–H and O–H groups in total. The number of hydrogen-bond donors (Lipinski definition) is 0. The SMILES string of the molecule is COc1ccc(C(=O)CCc2nccn2C)cc1F. The number of ether oxygens (including phenoxy) is 1. The number of nitrogens with zero attached hydrogens (tertiary/aromatic N) is 2. The van der Waals surface area contributed by atoms with Crippen LogP contribution in [0.25, 0.3) is 0 Å². The van der Waals surface area contributed by atoms with Gasteiger partial charge < -0.3 is 9.30 Å². The van der Waals surface area contributed by atoms with Gasteiger partial charge in [-0.25, -0.2) is 9.37 Å². The summed E-state index contributed by atoms with van der Waals surface area (Å²) >= 11 is 0. The molecular formula is C14H15FN2O2.